The van der Waals surface area contributed by atoms with Crippen LogP contribution in [0.1, 0.15) is 37.7 Å². The van der Waals surface area contributed by atoms with Gasteiger partial charge < -0.3 is 9.72 Å². The molecule has 1 saturated carbocycles. The van der Waals surface area contributed by atoms with Crippen LogP contribution in [0.5, 0.6) is 0 Å². The molecule has 1 aromatic heterocycles. The van der Waals surface area contributed by atoms with Crippen molar-refractivity contribution in [2.75, 3.05) is 6.61 Å². The van der Waals surface area contributed by atoms with Crippen LogP contribution in [0, 0.1) is 5.92 Å². The third kappa shape index (κ3) is 3.86. The summed E-state index contributed by atoms with van der Waals surface area (Å²) in [5.74, 6) is 1.31. The van der Waals surface area contributed by atoms with E-state index in [1.165, 1.54) is 32.1 Å². The van der Waals surface area contributed by atoms with Crippen LogP contribution in [-0.2, 0) is 11.3 Å². The summed E-state index contributed by atoms with van der Waals surface area (Å²) in [6.07, 6.45) is 6.63. The fourth-order valence-electron chi connectivity index (χ4n) is 3.73. The highest BCUT2D eigenvalue weighted by Gasteiger charge is 2.13. The van der Waals surface area contributed by atoms with Gasteiger partial charge in [-0.1, -0.05) is 49.6 Å². The smallest absolute Gasteiger partial charge is 0.259 e. The quantitative estimate of drug-likeness (QED) is 0.728. The molecule has 0 radical (unpaired) electrons. The maximum Gasteiger partial charge on any atom is 0.259 e. The van der Waals surface area contributed by atoms with E-state index in [1.807, 2.05) is 36.4 Å². The van der Waals surface area contributed by atoms with E-state index in [0.717, 1.165) is 17.7 Å². The van der Waals surface area contributed by atoms with E-state index >= 15 is 0 Å². The molecule has 1 aliphatic rings. The van der Waals surface area contributed by atoms with Crippen molar-refractivity contribution >= 4 is 10.9 Å². The fourth-order valence-corrected chi connectivity index (χ4v) is 3.73. The Morgan fingerprint density at radius 1 is 1.04 bits per heavy atom. The molecule has 0 atom stereocenters. The van der Waals surface area contributed by atoms with E-state index in [2.05, 4.69) is 16.0 Å². The standard InChI is InChI=1S/C22H24N2O2/c25-22-19-11-4-5-12-20(19)23-21(24-22)18-10-6-9-17(13-18)15-26-14-16-7-2-1-3-8-16/h4-6,9-13,16H,1-3,7-8,14-15H2,(H,23,24,25). The number of para-hydroxylation sites is 1. The molecule has 1 N–H and O–H groups in total. The second-order valence-electron chi connectivity index (χ2n) is 7.15. The first kappa shape index (κ1) is 17.0. The lowest BCUT2D eigenvalue weighted by atomic mass is 9.90. The Labute approximate surface area is 153 Å². The first-order valence-electron chi connectivity index (χ1n) is 9.46. The lowest BCUT2D eigenvalue weighted by Crippen LogP contribution is -2.13. The summed E-state index contributed by atoms with van der Waals surface area (Å²) in [5.41, 5.74) is 2.62. The van der Waals surface area contributed by atoms with Crippen molar-refractivity contribution in [2.24, 2.45) is 5.92 Å². The number of ether oxygens (including phenoxy) is 1. The van der Waals surface area contributed by atoms with Gasteiger partial charge in [0.2, 0.25) is 0 Å². The van der Waals surface area contributed by atoms with Crippen molar-refractivity contribution in [3.05, 3.63) is 64.4 Å². The number of rotatable bonds is 5. The average molecular weight is 348 g/mol. The van der Waals surface area contributed by atoms with Gasteiger partial charge in [-0.2, -0.15) is 0 Å². The first-order valence-corrected chi connectivity index (χ1v) is 9.46. The van der Waals surface area contributed by atoms with E-state index < -0.39 is 0 Å². The zero-order valence-corrected chi connectivity index (χ0v) is 14.9. The molecule has 2 aromatic carbocycles. The maximum absolute atomic E-state index is 12.3. The van der Waals surface area contributed by atoms with Crippen molar-refractivity contribution in [2.45, 2.75) is 38.7 Å². The van der Waals surface area contributed by atoms with Crippen LogP contribution in [0.4, 0.5) is 0 Å². The van der Waals surface area contributed by atoms with E-state index in [0.29, 0.717) is 29.3 Å². The van der Waals surface area contributed by atoms with Gasteiger partial charge in [0.05, 0.1) is 17.5 Å². The zero-order chi connectivity index (χ0) is 17.8. The number of nitrogens with one attached hydrogen (secondary N) is 1. The van der Waals surface area contributed by atoms with Crippen LogP contribution in [0.2, 0.25) is 0 Å². The van der Waals surface area contributed by atoms with Crippen LogP contribution in [0.25, 0.3) is 22.3 Å². The second-order valence-corrected chi connectivity index (χ2v) is 7.15. The Balaban J connectivity index is 1.49. The SMILES string of the molecule is O=c1[nH]c(-c2cccc(COCC3CCCCC3)c2)nc2ccccc12. The number of aromatic nitrogens is 2. The highest BCUT2D eigenvalue weighted by molar-refractivity contribution is 5.79. The topological polar surface area (TPSA) is 55.0 Å². The largest absolute Gasteiger partial charge is 0.376 e. The minimum Gasteiger partial charge on any atom is -0.376 e. The van der Waals surface area contributed by atoms with Crippen molar-refractivity contribution in [1.82, 2.24) is 9.97 Å². The molecule has 0 unspecified atom stereocenters. The molecule has 1 fully saturated rings. The molecule has 0 spiro atoms. The molecule has 0 amide bonds. The van der Waals surface area contributed by atoms with Gasteiger partial charge in [0.15, 0.2) is 0 Å². The van der Waals surface area contributed by atoms with Crippen molar-refractivity contribution < 1.29 is 4.74 Å². The summed E-state index contributed by atoms with van der Waals surface area (Å²) in [6, 6.07) is 15.5. The highest BCUT2D eigenvalue weighted by Crippen LogP contribution is 2.24. The molecule has 1 heterocycles. The summed E-state index contributed by atoms with van der Waals surface area (Å²) in [5, 5.41) is 0.614. The molecule has 134 valence electrons. The molecule has 0 aliphatic heterocycles. The Bertz CT molecular complexity index is 942. The molecule has 4 rings (SSSR count). The summed E-state index contributed by atoms with van der Waals surface area (Å²) in [7, 11) is 0. The number of fused-ring (bicyclic) bond motifs is 1. The Morgan fingerprint density at radius 3 is 2.77 bits per heavy atom. The second kappa shape index (κ2) is 7.83. The highest BCUT2D eigenvalue weighted by atomic mass is 16.5. The third-order valence-electron chi connectivity index (χ3n) is 5.16. The molecular formula is C22H24N2O2. The summed E-state index contributed by atoms with van der Waals surface area (Å²) >= 11 is 0. The van der Waals surface area contributed by atoms with Gasteiger partial charge >= 0.3 is 0 Å². The Morgan fingerprint density at radius 2 is 1.88 bits per heavy atom. The molecule has 3 aromatic rings. The van der Waals surface area contributed by atoms with Gasteiger partial charge in [-0.05, 0) is 42.5 Å². The number of nitrogens with zero attached hydrogens (tertiary/aromatic N) is 1. The summed E-state index contributed by atoms with van der Waals surface area (Å²) in [4.78, 5) is 19.8. The third-order valence-corrected chi connectivity index (χ3v) is 5.16. The molecule has 4 heteroatoms. The van der Waals surface area contributed by atoms with Gasteiger partial charge in [-0.3, -0.25) is 4.79 Å². The predicted octanol–water partition coefficient (Wildman–Crippen LogP) is 4.69. The minimum absolute atomic E-state index is 0.107. The van der Waals surface area contributed by atoms with E-state index in [1.54, 1.807) is 6.07 Å². The predicted molar refractivity (Wildman–Crippen MR) is 104 cm³/mol. The minimum atomic E-state index is -0.107. The molecular weight excluding hydrogens is 324 g/mol. The molecule has 0 saturated heterocycles. The molecule has 4 nitrogen and oxygen atoms in total. The fraction of sp³-hybridized carbons (Fsp3) is 0.364. The lowest BCUT2D eigenvalue weighted by molar-refractivity contribution is 0.0739. The number of H-pyrrole nitrogens is 1. The van der Waals surface area contributed by atoms with Crippen molar-refractivity contribution in [1.29, 1.82) is 0 Å². The zero-order valence-electron chi connectivity index (χ0n) is 14.9. The number of benzene rings is 2. The van der Waals surface area contributed by atoms with Gasteiger partial charge in [0.25, 0.3) is 5.56 Å². The lowest BCUT2D eigenvalue weighted by Gasteiger charge is -2.21. The van der Waals surface area contributed by atoms with Crippen LogP contribution in [-0.4, -0.2) is 16.6 Å². The number of hydrogen-bond donors (Lipinski definition) is 1. The van der Waals surface area contributed by atoms with Crippen molar-refractivity contribution in [3.63, 3.8) is 0 Å². The van der Waals surface area contributed by atoms with E-state index in [-0.39, 0.29) is 5.56 Å². The van der Waals surface area contributed by atoms with Crippen molar-refractivity contribution in [3.8, 4) is 11.4 Å². The van der Waals surface area contributed by atoms with Gasteiger partial charge in [-0.15, -0.1) is 0 Å². The monoisotopic (exact) mass is 348 g/mol. The van der Waals surface area contributed by atoms with Crippen LogP contribution < -0.4 is 5.56 Å². The Kier molecular flexibility index (Phi) is 5.12. The summed E-state index contributed by atoms with van der Waals surface area (Å²) in [6.45, 7) is 1.44. The maximum atomic E-state index is 12.3. The molecule has 0 bridgehead atoms. The normalized spacial score (nSPS) is 15.4. The van der Waals surface area contributed by atoms with Gasteiger partial charge in [0.1, 0.15) is 5.82 Å². The van der Waals surface area contributed by atoms with Crippen LogP contribution in [0.3, 0.4) is 0 Å². The van der Waals surface area contributed by atoms with Gasteiger partial charge in [0, 0.05) is 12.2 Å². The molecule has 1 aliphatic carbocycles. The number of hydrogen-bond acceptors (Lipinski definition) is 3. The van der Waals surface area contributed by atoms with E-state index in [4.69, 9.17) is 4.74 Å². The number of aromatic amines is 1. The average Bonchev–Trinajstić information content (AvgIpc) is 2.69. The van der Waals surface area contributed by atoms with Gasteiger partial charge in [-0.25, -0.2) is 4.98 Å². The Hall–Kier alpha value is -2.46. The molecule has 26 heavy (non-hydrogen) atoms. The van der Waals surface area contributed by atoms with Crippen LogP contribution >= 0.6 is 0 Å². The summed E-state index contributed by atoms with van der Waals surface area (Å²) < 4.78 is 5.95. The first-order chi connectivity index (χ1) is 12.8. The van der Waals surface area contributed by atoms with E-state index in [9.17, 15) is 4.79 Å². The van der Waals surface area contributed by atoms with Crippen LogP contribution in [0.15, 0.2) is 53.3 Å².